The first-order valence-electron chi connectivity index (χ1n) is 7.50. The molecule has 0 aliphatic carbocycles. The number of nitrogens with zero attached hydrogens (tertiary/aromatic N) is 2. The number of carboxylic acids is 1. The topological polar surface area (TPSA) is 53.0 Å². The van der Waals surface area contributed by atoms with Gasteiger partial charge in [-0.25, -0.2) is 0 Å². The Morgan fingerprint density at radius 2 is 1.73 bits per heavy atom. The van der Waals surface area contributed by atoms with Gasteiger partial charge in [-0.3, -0.25) is 9.69 Å². The Bertz CT molecular complexity index is 492. The van der Waals surface area contributed by atoms with Crippen molar-refractivity contribution in [1.29, 1.82) is 0 Å². The Kier molecular flexibility index (Phi) is 6.84. The van der Waals surface area contributed by atoms with Crippen LogP contribution in [-0.4, -0.2) is 62.2 Å². The molecule has 1 N–H and O–H groups in total. The number of hydrogen-bond acceptors (Lipinski definition) is 4. The number of ether oxygens (including phenoxy) is 1. The SMILES string of the molecule is COc1c(C)cc(C(C(=O)O)N(C)CCCN(C)C)cc1C. The van der Waals surface area contributed by atoms with Crippen molar-refractivity contribution < 1.29 is 14.6 Å². The van der Waals surface area contributed by atoms with E-state index in [9.17, 15) is 9.90 Å². The fraction of sp³-hybridized carbons (Fsp3) is 0.588. The fourth-order valence-corrected chi connectivity index (χ4v) is 2.81. The summed E-state index contributed by atoms with van der Waals surface area (Å²) in [7, 11) is 7.54. The molecule has 0 radical (unpaired) electrons. The number of aliphatic carboxylic acids is 1. The Labute approximate surface area is 133 Å². The maximum atomic E-state index is 11.7. The third-order valence-corrected chi connectivity index (χ3v) is 3.79. The number of likely N-dealkylation sites (N-methyl/N-ethyl adjacent to an activating group) is 1. The van der Waals surface area contributed by atoms with Gasteiger partial charge in [-0.2, -0.15) is 0 Å². The molecule has 0 saturated heterocycles. The van der Waals surface area contributed by atoms with Crippen LogP contribution in [0.15, 0.2) is 12.1 Å². The lowest BCUT2D eigenvalue weighted by Gasteiger charge is -2.26. The lowest BCUT2D eigenvalue weighted by Crippen LogP contribution is -2.33. The molecular weight excluding hydrogens is 280 g/mol. The normalized spacial score (nSPS) is 12.7. The molecule has 1 rings (SSSR count). The minimum absolute atomic E-state index is 0.634. The monoisotopic (exact) mass is 308 g/mol. The van der Waals surface area contributed by atoms with Crippen molar-refractivity contribution in [3.8, 4) is 5.75 Å². The number of methoxy groups -OCH3 is 1. The van der Waals surface area contributed by atoms with E-state index in [4.69, 9.17) is 4.74 Å². The van der Waals surface area contributed by atoms with E-state index >= 15 is 0 Å². The zero-order valence-corrected chi connectivity index (χ0v) is 14.5. The molecule has 0 amide bonds. The first kappa shape index (κ1) is 18.5. The predicted octanol–water partition coefficient (Wildman–Crippen LogP) is 2.32. The smallest absolute Gasteiger partial charge is 0.325 e. The molecule has 0 aliphatic rings. The van der Waals surface area contributed by atoms with E-state index in [1.807, 2.05) is 52.0 Å². The first-order valence-corrected chi connectivity index (χ1v) is 7.50. The molecule has 1 aromatic carbocycles. The molecule has 0 saturated carbocycles. The Balaban J connectivity index is 2.98. The van der Waals surface area contributed by atoms with Crippen molar-refractivity contribution in [2.45, 2.75) is 26.3 Å². The van der Waals surface area contributed by atoms with Crippen LogP contribution in [0, 0.1) is 13.8 Å². The second-order valence-corrected chi connectivity index (χ2v) is 6.07. The second kappa shape index (κ2) is 8.15. The van der Waals surface area contributed by atoms with E-state index in [1.54, 1.807) is 7.11 Å². The summed E-state index contributed by atoms with van der Waals surface area (Å²) in [6, 6.07) is 3.19. The molecule has 124 valence electrons. The van der Waals surface area contributed by atoms with Gasteiger partial charge < -0.3 is 14.7 Å². The zero-order valence-electron chi connectivity index (χ0n) is 14.5. The van der Waals surface area contributed by atoms with Gasteiger partial charge in [0.05, 0.1) is 7.11 Å². The van der Waals surface area contributed by atoms with Crippen molar-refractivity contribution in [2.75, 3.05) is 41.3 Å². The van der Waals surface area contributed by atoms with E-state index in [0.717, 1.165) is 42.0 Å². The Morgan fingerprint density at radius 1 is 1.18 bits per heavy atom. The summed E-state index contributed by atoms with van der Waals surface area (Å²) in [6.07, 6.45) is 0.932. The molecule has 0 spiro atoms. The zero-order chi connectivity index (χ0) is 16.9. The maximum Gasteiger partial charge on any atom is 0.325 e. The summed E-state index contributed by atoms with van der Waals surface area (Å²) in [5.41, 5.74) is 2.73. The molecule has 0 aromatic heterocycles. The average Bonchev–Trinajstić information content (AvgIpc) is 2.37. The number of aryl methyl sites for hydroxylation is 2. The molecule has 5 heteroatoms. The van der Waals surface area contributed by atoms with Gasteiger partial charge in [0.25, 0.3) is 0 Å². The number of carbonyl (C=O) groups is 1. The van der Waals surface area contributed by atoms with Crippen LogP contribution in [-0.2, 0) is 4.79 Å². The summed E-state index contributed by atoms with van der Waals surface area (Å²) in [4.78, 5) is 15.7. The molecule has 1 unspecified atom stereocenters. The molecule has 0 aliphatic heterocycles. The minimum Gasteiger partial charge on any atom is -0.496 e. The highest BCUT2D eigenvalue weighted by molar-refractivity contribution is 5.76. The van der Waals surface area contributed by atoms with E-state index < -0.39 is 12.0 Å². The van der Waals surface area contributed by atoms with Gasteiger partial charge >= 0.3 is 5.97 Å². The lowest BCUT2D eigenvalue weighted by atomic mass is 9.99. The van der Waals surface area contributed by atoms with Crippen LogP contribution < -0.4 is 4.74 Å². The molecule has 0 heterocycles. The highest BCUT2D eigenvalue weighted by Gasteiger charge is 2.25. The molecule has 1 atom stereocenters. The molecule has 0 bridgehead atoms. The fourth-order valence-electron chi connectivity index (χ4n) is 2.81. The van der Waals surface area contributed by atoms with Crippen LogP contribution in [0.25, 0.3) is 0 Å². The molecule has 22 heavy (non-hydrogen) atoms. The molecule has 0 fully saturated rings. The molecule has 5 nitrogen and oxygen atoms in total. The van der Waals surface area contributed by atoms with Gasteiger partial charge in [0.15, 0.2) is 0 Å². The largest absolute Gasteiger partial charge is 0.496 e. The van der Waals surface area contributed by atoms with E-state index in [-0.39, 0.29) is 0 Å². The van der Waals surface area contributed by atoms with Crippen molar-refractivity contribution in [3.05, 3.63) is 28.8 Å². The van der Waals surface area contributed by atoms with E-state index in [2.05, 4.69) is 4.90 Å². The summed E-state index contributed by atoms with van der Waals surface area (Å²) < 4.78 is 5.36. The van der Waals surface area contributed by atoms with Gasteiger partial charge in [0.2, 0.25) is 0 Å². The van der Waals surface area contributed by atoms with Crippen molar-refractivity contribution in [2.24, 2.45) is 0 Å². The third-order valence-electron chi connectivity index (χ3n) is 3.79. The van der Waals surface area contributed by atoms with Gasteiger partial charge in [-0.15, -0.1) is 0 Å². The van der Waals surface area contributed by atoms with E-state index in [1.165, 1.54) is 0 Å². The predicted molar refractivity (Wildman–Crippen MR) is 88.6 cm³/mol. The highest BCUT2D eigenvalue weighted by Crippen LogP contribution is 2.29. The average molecular weight is 308 g/mol. The molecular formula is C17H28N2O3. The lowest BCUT2D eigenvalue weighted by molar-refractivity contribution is -0.143. The number of hydrogen-bond donors (Lipinski definition) is 1. The van der Waals surface area contributed by atoms with Crippen LogP contribution in [0.4, 0.5) is 0 Å². The van der Waals surface area contributed by atoms with Crippen LogP contribution in [0.2, 0.25) is 0 Å². The van der Waals surface area contributed by atoms with Gasteiger partial charge in [-0.05, 0) is 64.6 Å². The minimum atomic E-state index is -0.823. The van der Waals surface area contributed by atoms with Crippen molar-refractivity contribution in [3.63, 3.8) is 0 Å². The first-order chi connectivity index (χ1) is 10.3. The standard InChI is InChI=1S/C17H28N2O3/c1-12-10-14(11-13(2)16(12)22-6)15(17(20)21)19(5)9-7-8-18(3)4/h10-11,15H,7-9H2,1-6H3,(H,20,21). The van der Waals surface area contributed by atoms with Crippen LogP contribution in [0.1, 0.15) is 29.2 Å². The summed E-state index contributed by atoms with van der Waals surface area (Å²) in [6.45, 7) is 5.57. The van der Waals surface area contributed by atoms with Crippen LogP contribution in [0.5, 0.6) is 5.75 Å². The Morgan fingerprint density at radius 3 is 2.14 bits per heavy atom. The summed E-state index contributed by atoms with van der Waals surface area (Å²) in [5, 5.41) is 9.63. The molecule has 1 aromatic rings. The third kappa shape index (κ3) is 4.71. The van der Waals surface area contributed by atoms with E-state index in [0.29, 0.717) is 0 Å². The number of benzene rings is 1. The van der Waals surface area contributed by atoms with Gasteiger partial charge in [0.1, 0.15) is 11.8 Å². The summed E-state index contributed by atoms with van der Waals surface area (Å²) >= 11 is 0. The van der Waals surface area contributed by atoms with Gasteiger partial charge in [-0.1, -0.05) is 12.1 Å². The van der Waals surface area contributed by atoms with Gasteiger partial charge in [0, 0.05) is 6.54 Å². The highest BCUT2D eigenvalue weighted by atomic mass is 16.5. The second-order valence-electron chi connectivity index (χ2n) is 6.07. The van der Waals surface area contributed by atoms with Crippen molar-refractivity contribution >= 4 is 5.97 Å². The maximum absolute atomic E-state index is 11.7. The van der Waals surface area contributed by atoms with Crippen molar-refractivity contribution in [1.82, 2.24) is 9.80 Å². The van der Waals surface area contributed by atoms with Crippen LogP contribution in [0.3, 0.4) is 0 Å². The Hall–Kier alpha value is -1.59. The van der Waals surface area contributed by atoms with Crippen LogP contribution >= 0.6 is 0 Å². The number of carboxylic acid groups (broad SMARTS) is 1. The quantitative estimate of drug-likeness (QED) is 0.799. The number of rotatable bonds is 8. The summed E-state index contributed by atoms with van der Waals surface area (Å²) in [5.74, 6) is -0.000491.